The Hall–Kier alpha value is -1.18. The second-order valence-electron chi connectivity index (χ2n) is 2.98. The first-order valence-corrected chi connectivity index (χ1v) is 3.80. The molecule has 0 spiro atoms. The van der Waals surface area contributed by atoms with Crippen molar-refractivity contribution in [2.45, 2.75) is 18.8 Å². The molecule has 0 amide bonds. The number of benzene rings is 1. The van der Waals surface area contributed by atoms with Crippen LogP contribution in [0.15, 0.2) is 18.2 Å². The summed E-state index contributed by atoms with van der Waals surface area (Å²) in [6, 6.07) is 4.89. The molecule has 0 atom stereocenters. The lowest BCUT2D eigenvalue weighted by Crippen LogP contribution is -1.80. The van der Waals surface area contributed by atoms with Crippen LogP contribution in [0.4, 0.5) is 0 Å². The van der Waals surface area contributed by atoms with Crippen LogP contribution in [-0.2, 0) is 0 Å². The molecule has 1 aliphatic rings. The predicted molar refractivity (Wildman–Crippen MR) is 41.7 cm³/mol. The van der Waals surface area contributed by atoms with Crippen LogP contribution in [0, 0.1) is 0 Å². The second-order valence-corrected chi connectivity index (χ2v) is 2.98. The van der Waals surface area contributed by atoms with Gasteiger partial charge in [-0.1, -0.05) is 6.07 Å². The molecule has 11 heavy (non-hydrogen) atoms. The fourth-order valence-corrected chi connectivity index (χ4v) is 1.33. The molecule has 1 aromatic carbocycles. The Morgan fingerprint density at radius 2 is 1.64 bits per heavy atom. The molecule has 2 N–H and O–H groups in total. The van der Waals surface area contributed by atoms with Crippen LogP contribution >= 0.6 is 0 Å². The van der Waals surface area contributed by atoms with Crippen molar-refractivity contribution in [1.29, 1.82) is 0 Å². The summed E-state index contributed by atoms with van der Waals surface area (Å²) in [6.07, 6.45) is 2.18. The van der Waals surface area contributed by atoms with E-state index in [0.29, 0.717) is 5.92 Å². The third kappa shape index (κ3) is 1.04. The van der Waals surface area contributed by atoms with E-state index in [4.69, 9.17) is 0 Å². The third-order valence-electron chi connectivity index (χ3n) is 2.05. The van der Waals surface area contributed by atoms with Crippen molar-refractivity contribution in [1.82, 2.24) is 0 Å². The molecule has 1 saturated carbocycles. The largest absolute Gasteiger partial charge is 0.508 e. The Morgan fingerprint density at radius 1 is 1.09 bits per heavy atom. The zero-order valence-electron chi connectivity index (χ0n) is 6.12. The van der Waals surface area contributed by atoms with Crippen LogP contribution in [0.5, 0.6) is 11.5 Å². The van der Waals surface area contributed by atoms with Crippen molar-refractivity contribution < 1.29 is 10.2 Å². The van der Waals surface area contributed by atoms with Crippen molar-refractivity contribution in [3.63, 3.8) is 0 Å². The van der Waals surface area contributed by atoms with Gasteiger partial charge in [0.2, 0.25) is 0 Å². The standard InChI is InChI=1S/C9H10O2/c10-7-2-1-3-8(11)9(7)6-4-5-6/h1-3,6,10-11H,4-5H2. The number of rotatable bonds is 1. The van der Waals surface area contributed by atoms with Crippen LogP contribution in [0.1, 0.15) is 24.3 Å². The maximum absolute atomic E-state index is 9.34. The SMILES string of the molecule is Oc1cccc(O)c1C1CC1. The summed E-state index contributed by atoms with van der Waals surface area (Å²) in [5, 5.41) is 18.7. The van der Waals surface area contributed by atoms with E-state index in [1.54, 1.807) is 18.2 Å². The smallest absolute Gasteiger partial charge is 0.122 e. The summed E-state index contributed by atoms with van der Waals surface area (Å²) < 4.78 is 0. The van der Waals surface area contributed by atoms with E-state index < -0.39 is 0 Å². The second kappa shape index (κ2) is 2.16. The minimum Gasteiger partial charge on any atom is -0.508 e. The Balaban J connectivity index is 2.48. The Kier molecular flexibility index (Phi) is 1.28. The molecule has 2 heteroatoms. The van der Waals surface area contributed by atoms with Gasteiger partial charge in [-0.3, -0.25) is 0 Å². The van der Waals surface area contributed by atoms with Gasteiger partial charge in [-0.2, -0.15) is 0 Å². The van der Waals surface area contributed by atoms with E-state index in [2.05, 4.69) is 0 Å². The highest BCUT2D eigenvalue weighted by Gasteiger charge is 2.28. The van der Waals surface area contributed by atoms with Crippen LogP contribution in [-0.4, -0.2) is 10.2 Å². The van der Waals surface area contributed by atoms with E-state index in [9.17, 15) is 10.2 Å². The van der Waals surface area contributed by atoms with E-state index in [1.807, 2.05) is 0 Å². The lowest BCUT2D eigenvalue weighted by atomic mass is 10.1. The highest BCUT2D eigenvalue weighted by molar-refractivity contribution is 5.47. The van der Waals surface area contributed by atoms with Gasteiger partial charge in [0.05, 0.1) is 0 Å². The molecule has 0 radical (unpaired) electrons. The molecule has 1 fully saturated rings. The lowest BCUT2D eigenvalue weighted by Gasteiger charge is -2.03. The highest BCUT2D eigenvalue weighted by atomic mass is 16.3. The molecule has 2 rings (SSSR count). The summed E-state index contributed by atoms with van der Waals surface area (Å²) in [4.78, 5) is 0. The summed E-state index contributed by atoms with van der Waals surface area (Å²) in [7, 11) is 0. The minimum absolute atomic E-state index is 0.229. The molecule has 0 heterocycles. The number of phenolic OH excluding ortho intramolecular Hbond substituents is 2. The molecular weight excluding hydrogens is 140 g/mol. The van der Waals surface area contributed by atoms with Crippen molar-refractivity contribution in [3.8, 4) is 11.5 Å². The normalized spacial score (nSPS) is 16.7. The van der Waals surface area contributed by atoms with Gasteiger partial charge in [-0.25, -0.2) is 0 Å². The summed E-state index contributed by atoms with van der Waals surface area (Å²) >= 11 is 0. The number of aromatic hydroxyl groups is 2. The summed E-state index contributed by atoms with van der Waals surface area (Å²) in [5.41, 5.74) is 0.729. The van der Waals surface area contributed by atoms with E-state index in [1.165, 1.54) is 0 Å². The average molecular weight is 150 g/mol. The van der Waals surface area contributed by atoms with Gasteiger partial charge in [-0.05, 0) is 30.9 Å². The molecule has 1 aliphatic carbocycles. The average Bonchev–Trinajstić information content (AvgIpc) is 2.70. The van der Waals surface area contributed by atoms with Crippen molar-refractivity contribution in [3.05, 3.63) is 23.8 Å². The monoisotopic (exact) mass is 150 g/mol. The van der Waals surface area contributed by atoms with Crippen molar-refractivity contribution in [2.24, 2.45) is 0 Å². The minimum atomic E-state index is 0.229. The maximum atomic E-state index is 9.34. The van der Waals surface area contributed by atoms with Crippen LogP contribution < -0.4 is 0 Å². The first-order valence-electron chi connectivity index (χ1n) is 3.80. The molecule has 0 aromatic heterocycles. The van der Waals surface area contributed by atoms with Gasteiger partial charge in [0, 0.05) is 5.56 Å². The molecule has 0 unspecified atom stereocenters. The number of phenols is 2. The predicted octanol–water partition coefficient (Wildman–Crippen LogP) is 1.98. The fourth-order valence-electron chi connectivity index (χ4n) is 1.33. The van der Waals surface area contributed by atoms with Crippen LogP contribution in [0.3, 0.4) is 0 Å². The van der Waals surface area contributed by atoms with Crippen molar-refractivity contribution in [2.75, 3.05) is 0 Å². The van der Waals surface area contributed by atoms with Gasteiger partial charge in [0.1, 0.15) is 11.5 Å². The highest BCUT2D eigenvalue weighted by Crippen LogP contribution is 2.47. The van der Waals surface area contributed by atoms with Gasteiger partial charge >= 0.3 is 0 Å². The molecular formula is C9H10O2. The fraction of sp³-hybridized carbons (Fsp3) is 0.333. The first-order chi connectivity index (χ1) is 5.29. The Labute approximate surface area is 65.1 Å². The Bertz CT molecular complexity index is 257. The first kappa shape index (κ1) is 6.53. The van der Waals surface area contributed by atoms with Gasteiger partial charge in [0.15, 0.2) is 0 Å². The molecule has 0 aliphatic heterocycles. The van der Waals surface area contributed by atoms with E-state index in [0.717, 1.165) is 18.4 Å². The van der Waals surface area contributed by atoms with Crippen molar-refractivity contribution >= 4 is 0 Å². The van der Waals surface area contributed by atoms with Gasteiger partial charge in [0.25, 0.3) is 0 Å². The summed E-state index contributed by atoms with van der Waals surface area (Å²) in [6.45, 7) is 0. The van der Waals surface area contributed by atoms with E-state index in [-0.39, 0.29) is 11.5 Å². The van der Waals surface area contributed by atoms with Gasteiger partial charge < -0.3 is 10.2 Å². The number of hydrogen-bond acceptors (Lipinski definition) is 2. The topological polar surface area (TPSA) is 40.5 Å². The molecule has 2 nitrogen and oxygen atoms in total. The summed E-state index contributed by atoms with van der Waals surface area (Å²) in [5.74, 6) is 0.858. The molecule has 0 bridgehead atoms. The lowest BCUT2D eigenvalue weighted by molar-refractivity contribution is 0.439. The molecule has 0 saturated heterocycles. The van der Waals surface area contributed by atoms with Crippen LogP contribution in [0.2, 0.25) is 0 Å². The zero-order valence-corrected chi connectivity index (χ0v) is 6.12. The van der Waals surface area contributed by atoms with Gasteiger partial charge in [-0.15, -0.1) is 0 Å². The van der Waals surface area contributed by atoms with E-state index >= 15 is 0 Å². The third-order valence-corrected chi connectivity index (χ3v) is 2.05. The zero-order chi connectivity index (χ0) is 7.84. The molecule has 1 aromatic rings. The Morgan fingerprint density at radius 3 is 2.09 bits per heavy atom. The van der Waals surface area contributed by atoms with Crippen LogP contribution in [0.25, 0.3) is 0 Å². The quantitative estimate of drug-likeness (QED) is 0.642. The molecule has 58 valence electrons. The number of hydrogen-bond donors (Lipinski definition) is 2. The maximum Gasteiger partial charge on any atom is 0.122 e.